The van der Waals surface area contributed by atoms with Gasteiger partial charge in [-0.05, 0) is 35.9 Å². The van der Waals surface area contributed by atoms with Gasteiger partial charge in [0.05, 0.1) is 7.11 Å². The first kappa shape index (κ1) is 12.2. The van der Waals surface area contributed by atoms with Gasteiger partial charge in [0.15, 0.2) is 11.6 Å². The van der Waals surface area contributed by atoms with Crippen molar-refractivity contribution in [1.82, 2.24) is 0 Å². The zero-order valence-electron chi connectivity index (χ0n) is 9.61. The standard InChI is InChI=1S/C14H10F2O2/c1-18-14-5-2-9(8-17)6-11(14)10-3-4-12(15)13(16)7-10/h2-8H,1H3. The lowest BCUT2D eigenvalue weighted by molar-refractivity contribution is 0.112. The summed E-state index contributed by atoms with van der Waals surface area (Å²) in [5, 5.41) is 0. The van der Waals surface area contributed by atoms with E-state index in [4.69, 9.17) is 4.74 Å². The lowest BCUT2D eigenvalue weighted by Crippen LogP contribution is -1.92. The van der Waals surface area contributed by atoms with Crippen molar-refractivity contribution in [2.45, 2.75) is 0 Å². The fourth-order valence-corrected chi connectivity index (χ4v) is 1.69. The van der Waals surface area contributed by atoms with Crippen molar-refractivity contribution in [2.24, 2.45) is 0 Å². The van der Waals surface area contributed by atoms with E-state index >= 15 is 0 Å². The number of carbonyl (C=O) groups is 1. The molecular weight excluding hydrogens is 238 g/mol. The Morgan fingerprint density at radius 3 is 2.44 bits per heavy atom. The van der Waals surface area contributed by atoms with Gasteiger partial charge in [-0.2, -0.15) is 0 Å². The number of halogens is 2. The molecule has 0 heterocycles. The van der Waals surface area contributed by atoms with Crippen molar-refractivity contribution in [2.75, 3.05) is 7.11 Å². The fourth-order valence-electron chi connectivity index (χ4n) is 1.69. The summed E-state index contributed by atoms with van der Waals surface area (Å²) in [6, 6.07) is 8.32. The quantitative estimate of drug-likeness (QED) is 0.777. The van der Waals surface area contributed by atoms with Crippen LogP contribution in [0.1, 0.15) is 10.4 Å². The molecule has 2 aromatic carbocycles. The predicted octanol–water partition coefficient (Wildman–Crippen LogP) is 3.45. The number of methoxy groups -OCH3 is 1. The van der Waals surface area contributed by atoms with E-state index in [0.29, 0.717) is 28.7 Å². The Bertz CT molecular complexity index is 594. The third-order valence-electron chi connectivity index (χ3n) is 2.59. The number of hydrogen-bond acceptors (Lipinski definition) is 2. The molecule has 0 bridgehead atoms. The van der Waals surface area contributed by atoms with Crippen LogP contribution < -0.4 is 4.74 Å². The van der Waals surface area contributed by atoms with E-state index in [1.165, 1.54) is 13.2 Å². The van der Waals surface area contributed by atoms with Crippen LogP contribution in [0, 0.1) is 11.6 Å². The zero-order valence-corrected chi connectivity index (χ0v) is 9.61. The van der Waals surface area contributed by atoms with E-state index < -0.39 is 11.6 Å². The van der Waals surface area contributed by atoms with E-state index in [1.54, 1.807) is 18.2 Å². The van der Waals surface area contributed by atoms with Crippen molar-refractivity contribution in [3.8, 4) is 16.9 Å². The van der Waals surface area contributed by atoms with Crippen LogP contribution in [0.25, 0.3) is 11.1 Å². The second kappa shape index (κ2) is 4.96. The molecule has 0 aromatic heterocycles. The maximum atomic E-state index is 13.2. The predicted molar refractivity (Wildman–Crippen MR) is 63.7 cm³/mol. The molecule has 92 valence electrons. The van der Waals surface area contributed by atoms with Crippen LogP contribution in [0.5, 0.6) is 5.75 Å². The van der Waals surface area contributed by atoms with E-state index in [-0.39, 0.29) is 0 Å². The molecule has 2 rings (SSSR count). The average molecular weight is 248 g/mol. The molecule has 0 atom stereocenters. The van der Waals surface area contributed by atoms with E-state index in [9.17, 15) is 13.6 Å². The first-order valence-corrected chi connectivity index (χ1v) is 5.24. The maximum absolute atomic E-state index is 13.2. The highest BCUT2D eigenvalue weighted by Crippen LogP contribution is 2.31. The van der Waals surface area contributed by atoms with Gasteiger partial charge in [0.2, 0.25) is 0 Å². The number of ether oxygens (including phenoxy) is 1. The van der Waals surface area contributed by atoms with E-state index in [1.807, 2.05) is 0 Å². The molecule has 0 aliphatic rings. The highest BCUT2D eigenvalue weighted by atomic mass is 19.2. The Balaban J connectivity index is 2.60. The van der Waals surface area contributed by atoms with Gasteiger partial charge in [-0.3, -0.25) is 4.79 Å². The van der Waals surface area contributed by atoms with Gasteiger partial charge in [-0.15, -0.1) is 0 Å². The van der Waals surface area contributed by atoms with Crippen LogP contribution in [0.3, 0.4) is 0 Å². The van der Waals surface area contributed by atoms with Gasteiger partial charge < -0.3 is 4.74 Å². The Morgan fingerprint density at radius 1 is 1.06 bits per heavy atom. The van der Waals surface area contributed by atoms with Crippen LogP contribution >= 0.6 is 0 Å². The van der Waals surface area contributed by atoms with Crippen molar-refractivity contribution < 1.29 is 18.3 Å². The molecule has 0 fully saturated rings. The first-order valence-electron chi connectivity index (χ1n) is 5.24. The maximum Gasteiger partial charge on any atom is 0.159 e. The topological polar surface area (TPSA) is 26.3 Å². The molecule has 0 radical (unpaired) electrons. The van der Waals surface area contributed by atoms with E-state index in [0.717, 1.165) is 12.1 Å². The number of aldehydes is 1. The van der Waals surface area contributed by atoms with Crippen molar-refractivity contribution in [1.29, 1.82) is 0 Å². The molecule has 0 amide bonds. The Labute approximate surface area is 103 Å². The third-order valence-corrected chi connectivity index (χ3v) is 2.59. The molecule has 4 heteroatoms. The summed E-state index contributed by atoms with van der Waals surface area (Å²) >= 11 is 0. The van der Waals surface area contributed by atoms with Crippen LogP contribution in [0.15, 0.2) is 36.4 Å². The Kier molecular flexibility index (Phi) is 3.37. The molecule has 0 saturated carbocycles. The lowest BCUT2D eigenvalue weighted by atomic mass is 10.0. The molecule has 0 aliphatic carbocycles. The zero-order chi connectivity index (χ0) is 13.1. The van der Waals surface area contributed by atoms with Gasteiger partial charge in [0, 0.05) is 11.1 Å². The molecule has 0 N–H and O–H groups in total. The van der Waals surface area contributed by atoms with Crippen LogP contribution in [-0.4, -0.2) is 13.4 Å². The highest BCUT2D eigenvalue weighted by Gasteiger charge is 2.10. The summed E-state index contributed by atoms with van der Waals surface area (Å²) in [5.41, 5.74) is 1.44. The van der Waals surface area contributed by atoms with Gasteiger partial charge in [-0.1, -0.05) is 6.07 Å². The van der Waals surface area contributed by atoms with Crippen molar-refractivity contribution in [3.05, 3.63) is 53.6 Å². The SMILES string of the molecule is COc1ccc(C=O)cc1-c1ccc(F)c(F)c1. The second-order valence-corrected chi connectivity index (χ2v) is 3.71. The summed E-state index contributed by atoms with van der Waals surface area (Å²) < 4.78 is 31.2. The van der Waals surface area contributed by atoms with Crippen molar-refractivity contribution in [3.63, 3.8) is 0 Å². The number of hydrogen-bond donors (Lipinski definition) is 0. The molecule has 0 unspecified atom stereocenters. The minimum absolute atomic E-state index is 0.440. The molecule has 0 aliphatic heterocycles. The summed E-state index contributed by atoms with van der Waals surface area (Å²) in [6.45, 7) is 0. The highest BCUT2D eigenvalue weighted by molar-refractivity contribution is 5.81. The van der Waals surface area contributed by atoms with Gasteiger partial charge in [0.25, 0.3) is 0 Å². The fraction of sp³-hybridized carbons (Fsp3) is 0.0714. The molecule has 2 aromatic rings. The Morgan fingerprint density at radius 2 is 1.83 bits per heavy atom. The molecule has 2 nitrogen and oxygen atoms in total. The number of benzene rings is 2. The van der Waals surface area contributed by atoms with Gasteiger partial charge in [0.1, 0.15) is 12.0 Å². The van der Waals surface area contributed by atoms with Crippen LogP contribution in [0.4, 0.5) is 8.78 Å². The lowest BCUT2D eigenvalue weighted by Gasteiger charge is -2.09. The summed E-state index contributed by atoms with van der Waals surface area (Å²) in [6.07, 6.45) is 0.683. The minimum Gasteiger partial charge on any atom is -0.496 e. The van der Waals surface area contributed by atoms with Crippen LogP contribution in [-0.2, 0) is 0 Å². The first-order chi connectivity index (χ1) is 8.65. The normalized spacial score (nSPS) is 10.2. The van der Waals surface area contributed by atoms with E-state index in [2.05, 4.69) is 0 Å². The molecular formula is C14H10F2O2. The minimum atomic E-state index is -0.939. The van der Waals surface area contributed by atoms with Gasteiger partial charge >= 0.3 is 0 Å². The van der Waals surface area contributed by atoms with Crippen molar-refractivity contribution >= 4 is 6.29 Å². The smallest absolute Gasteiger partial charge is 0.159 e. The average Bonchev–Trinajstić information content (AvgIpc) is 2.41. The van der Waals surface area contributed by atoms with Crippen LogP contribution in [0.2, 0.25) is 0 Å². The molecule has 18 heavy (non-hydrogen) atoms. The molecule has 0 saturated heterocycles. The second-order valence-electron chi connectivity index (χ2n) is 3.71. The monoisotopic (exact) mass is 248 g/mol. The summed E-state index contributed by atoms with van der Waals surface area (Å²) in [4.78, 5) is 10.7. The summed E-state index contributed by atoms with van der Waals surface area (Å²) in [5.74, 6) is -1.36. The third kappa shape index (κ3) is 2.22. The number of carbonyl (C=O) groups excluding carboxylic acids is 1. The molecule has 0 spiro atoms. The summed E-state index contributed by atoms with van der Waals surface area (Å²) in [7, 11) is 1.47. The number of rotatable bonds is 3. The largest absolute Gasteiger partial charge is 0.496 e. The van der Waals surface area contributed by atoms with Gasteiger partial charge in [-0.25, -0.2) is 8.78 Å². The Hall–Kier alpha value is -2.23.